The van der Waals surface area contributed by atoms with Gasteiger partial charge in [0.05, 0.1) is 0 Å². The zero-order valence-electron chi connectivity index (χ0n) is 13.0. The fraction of sp³-hybridized carbons (Fsp3) is 0.111. The van der Waals surface area contributed by atoms with Crippen molar-refractivity contribution >= 4 is 40.9 Å². The highest BCUT2D eigenvalue weighted by Gasteiger charge is 2.27. The van der Waals surface area contributed by atoms with Crippen LogP contribution in [0.25, 0.3) is 6.08 Å². The van der Waals surface area contributed by atoms with Crippen LogP contribution in [0.5, 0.6) is 5.75 Å². The normalized spacial score (nSPS) is 15.8. The van der Waals surface area contributed by atoms with Crippen LogP contribution in [0.1, 0.15) is 11.1 Å². The van der Waals surface area contributed by atoms with E-state index in [-0.39, 0.29) is 5.91 Å². The molecule has 2 aromatic carbocycles. The third-order valence-electron chi connectivity index (χ3n) is 3.61. The van der Waals surface area contributed by atoms with Crippen molar-refractivity contribution in [2.45, 2.75) is 6.61 Å². The Hall–Kier alpha value is -2.37. The average Bonchev–Trinajstić information content (AvgIpc) is 2.82. The molecule has 0 aromatic heterocycles. The molecule has 0 spiro atoms. The summed E-state index contributed by atoms with van der Waals surface area (Å²) >= 11 is 11.0. The Morgan fingerprint density at radius 3 is 2.58 bits per heavy atom. The van der Waals surface area contributed by atoms with Crippen LogP contribution in [0.2, 0.25) is 5.02 Å². The van der Waals surface area contributed by atoms with Crippen molar-refractivity contribution in [3.05, 3.63) is 70.4 Å². The lowest BCUT2D eigenvalue weighted by Crippen LogP contribution is -2.25. The molecule has 1 aliphatic rings. The molecule has 1 aliphatic heterocycles. The van der Waals surface area contributed by atoms with Crippen LogP contribution >= 0.6 is 23.8 Å². The fourth-order valence-corrected chi connectivity index (χ4v) is 2.57. The zero-order chi connectivity index (χ0) is 17.1. The summed E-state index contributed by atoms with van der Waals surface area (Å²) in [4.78, 5) is 13.5. The minimum atomic E-state index is -0.160. The number of nitrogens with zero attached hydrogens (tertiary/aromatic N) is 1. The van der Waals surface area contributed by atoms with Gasteiger partial charge in [-0.15, -0.1) is 0 Å². The van der Waals surface area contributed by atoms with Gasteiger partial charge in [-0.2, -0.15) is 0 Å². The van der Waals surface area contributed by atoms with Crippen molar-refractivity contribution in [3.8, 4) is 5.75 Å². The summed E-state index contributed by atoms with van der Waals surface area (Å²) in [7, 11) is 1.64. The van der Waals surface area contributed by atoms with Crippen molar-refractivity contribution < 1.29 is 9.53 Å². The number of halogens is 1. The maximum atomic E-state index is 12.1. The molecule has 1 N–H and O–H groups in total. The Kier molecular flexibility index (Phi) is 4.83. The van der Waals surface area contributed by atoms with Crippen LogP contribution in [0, 0.1) is 0 Å². The number of thiocarbonyl (C=S) groups is 1. The summed E-state index contributed by atoms with van der Waals surface area (Å²) in [6.45, 7) is 0.414. The predicted octanol–water partition coefficient (Wildman–Crippen LogP) is 3.61. The summed E-state index contributed by atoms with van der Waals surface area (Å²) < 4.78 is 5.89. The van der Waals surface area contributed by atoms with E-state index >= 15 is 0 Å². The molecule has 1 fully saturated rings. The third-order valence-corrected chi connectivity index (χ3v) is 4.24. The van der Waals surface area contributed by atoms with Gasteiger partial charge in [0.25, 0.3) is 5.91 Å². The molecule has 0 bridgehead atoms. The van der Waals surface area contributed by atoms with E-state index in [2.05, 4.69) is 5.32 Å². The molecule has 1 heterocycles. The van der Waals surface area contributed by atoms with Crippen molar-refractivity contribution in [1.29, 1.82) is 0 Å². The Morgan fingerprint density at radius 2 is 1.92 bits per heavy atom. The Balaban J connectivity index is 1.79. The van der Waals surface area contributed by atoms with E-state index in [4.69, 9.17) is 28.6 Å². The second-order valence-corrected chi connectivity index (χ2v) is 6.13. The first kappa shape index (κ1) is 16.5. The maximum absolute atomic E-state index is 12.1. The SMILES string of the molecule is CN1C(=O)/C(=C/c2ccccc2OCc2ccc(Cl)cc2)NC1=S. The quantitative estimate of drug-likeness (QED) is 0.669. The molecule has 1 saturated heterocycles. The standard InChI is InChI=1S/C18H15ClN2O2S/c1-21-17(22)15(20-18(21)24)10-13-4-2-3-5-16(13)23-11-12-6-8-14(19)9-7-12/h2-10H,11H2,1H3,(H,20,24)/b15-10-. The third kappa shape index (κ3) is 3.58. The number of rotatable bonds is 4. The monoisotopic (exact) mass is 358 g/mol. The highest BCUT2D eigenvalue weighted by Crippen LogP contribution is 2.23. The number of likely N-dealkylation sites (N-methyl/N-ethyl adjacent to an activating group) is 1. The summed E-state index contributed by atoms with van der Waals surface area (Å²) in [6.07, 6.45) is 1.75. The van der Waals surface area contributed by atoms with Crippen molar-refractivity contribution in [3.63, 3.8) is 0 Å². The molecule has 0 unspecified atom stereocenters. The van der Waals surface area contributed by atoms with E-state index in [9.17, 15) is 4.79 Å². The molecule has 0 atom stereocenters. The molecular formula is C18H15ClN2O2S. The van der Waals surface area contributed by atoms with Gasteiger partial charge in [-0.1, -0.05) is 41.9 Å². The van der Waals surface area contributed by atoms with Gasteiger partial charge in [0.1, 0.15) is 18.1 Å². The Labute approximate surface area is 150 Å². The molecule has 122 valence electrons. The highest BCUT2D eigenvalue weighted by molar-refractivity contribution is 7.80. The molecule has 24 heavy (non-hydrogen) atoms. The van der Waals surface area contributed by atoms with Crippen LogP contribution in [0.15, 0.2) is 54.2 Å². The van der Waals surface area contributed by atoms with Crippen molar-refractivity contribution in [2.75, 3.05) is 7.05 Å². The van der Waals surface area contributed by atoms with Gasteiger partial charge in [-0.3, -0.25) is 9.69 Å². The number of ether oxygens (including phenoxy) is 1. The lowest BCUT2D eigenvalue weighted by molar-refractivity contribution is -0.121. The Bertz CT molecular complexity index is 818. The second-order valence-electron chi connectivity index (χ2n) is 5.31. The van der Waals surface area contributed by atoms with E-state index < -0.39 is 0 Å². The number of carbonyl (C=O) groups is 1. The molecule has 4 nitrogen and oxygen atoms in total. The van der Waals surface area contributed by atoms with Gasteiger partial charge < -0.3 is 10.1 Å². The van der Waals surface area contributed by atoms with E-state index in [1.54, 1.807) is 13.1 Å². The van der Waals surface area contributed by atoms with Gasteiger partial charge in [0.15, 0.2) is 5.11 Å². The first-order valence-corrected chi connectivity index (χ1v) is 8.10. The lowest BCUT2D eigenvalue weighted by Gasteiger charge is -2.10. The van der Waals surface area contributed by atoms with Gasteiger partial charge in [0, 0.05) is 17.6 Å². The van der Waals surface area contributed by atoms with Gasteiger partial charge in [-0.25, -0.2) is 0 Å². The number of benzene rings is 2. The number of hydrogen-bond donors (Lipinski definition) is 1. The van der Waals surface area contributed by atoms with Crippen LogP contribution in [-0.4, -0.2) is 23.0 Å². The first-order chi connectivity index (χ1) is 11.5. The molecule has 0 saturated carbocycles. The topological polar surface area (TPSA) is 41.6 Å². The van der Waals surface area contributed by atoms with Crippen molar-refractivity contribution in [2.24, 2.45) is 0 Å². The lowest BCUT2D eigenvalue weighted by atomic mass is 10.1. The summed E-state index contributed by atoms with van der Waals surface area (Å²) in [5.74, 6) is 0.530. The Morgan fingerprint density at radius 1 is 1.21 bits per heavy atom. The van der Waals surface area contributed by atoms with E-state index in [0.29, 0.717) is 28.2 Å². The van der Waals surface area contributed by atoms with Gasteiger partial charge in [0.2, 0.25) is 0 Å². The predicted molar refractivity (Wildman–Crippen MR) is 98.7 cm³/mol. The van der Waals surface area contributed by atoms with Crippen LogP contribution in [0.4, 0.5) is 0 Å². The second kappa shape index (κ2) is 7.03. The molecule has 0 aliphatic carbocycles. The van der Waals surface area contributed by atoms with E-state index in [1.165, 1.54) is 4.90 Å². The smallest absolute Gasteiger partial charge is 0.276 e. The number of amides is 1. The maximum Gasteiger partial charge on any atom is 0.276 e. The van der Waals surface area contributed by atoms with Gasteiger partial charge in [-0.05, 0) is 42.1 Å². The van der Waals surface area contributed by atoms with E-state index in [0.717, 1.165) is 11.1 Å². The molecule has 1 amide bonds. The summed E-state index contributed by atoms with van der Waals surface area (Å²) in [5.41, 5.74) is 2.25. The molecule has 0 radical (unpaired) electrons. The molecule has 6 heteroatoms. The summed E-state index contributed by atoms with van der Waals surface area (Å²) in [5, 5.41) is 3.99. The van der Waals surface area contributed by atoms with E-state index in [1.807, 2.05) is 48.5 Å². The highest BCUT2D eigenvalue weighted by atomic mass is 35.5. The fourth-order valence-electron chi connectivity index (χ4n) is 2.25. The largest absolute Gasteiger partial charge is 0.488 e. The number of hydrogen-bond acceptors (Lipinski definition) is 3. The number of nitrogens with one attached hydrogen (secondary N) is 1. The van der Waals surface area contributed by atoms with Crippen LogP contribution < -0.4 is 10.1 Å². The minimum absolute atomic E-state index is 0.160. The van der Waals surface area contributed by atoms with Gasteiger partial charge >= 0.3 is 0 Å². The van der Waals surface area contributed by atoms with Crippen molar-refractivity contribution in [1.82, 2.24) is 10.2 Å². The van der Waals surface area contributed by atoms with Crippen LogP contribution in [-0.2, 0) is 11.4 Å². The van der Waals surface area contributed by atoms with Crippen LogP contribution in [0.3, 0.4) is 0 Å². The molecule has 2 aromatic rings. The minimum Gasteiger partial charge on any atom is -0.488 e. The number of carbonyl (C=O) groups excluding carboxylic acids is 1. The average molecular weight is 359 g/mol. The summed E-state index contributed by atoms with van der Waals surface area (Å²) in [6, 6.07) is 15.0. The molecular weight excluding hydrogens is 344 g/mol. The first-order valence-electron chi connectivity index (χ1n) is 7.31. The zero-order valence-corrected chi connectivity index (χ0v) is 14.5. The molecule has 3 rings (SSSR count). The number of para-hydroxylation sites is 1.